The van der Waals surface area contributed by atoms with Crippen LogP contribution in [0.1, 0.15) is 5.56 Å². The third kappa shape index (κ3) is 2.34. The van der Waals surface area contributed by atoms with E-state index in [4.69, 9.17) is 0 Å². The normalized spacial score (nSPS) is 9.81. The monoisotopic (exact) mass is 358 g/mol. The maximum absolute atomic E-state index is 4.61. The summed E-state index contributed by atoms with van der Waals surface area (Å²) in [5.74, 6) is 0. The molecular weight excluding hydrogens is 348 g/mol. The van der Waals surface area contributed by atoms with Crippen LogP contribution < -0.4 is 4.98 Å². The molecule has 0 atom stereocenters. The van der Waals surface area contributed by atoms with Crippen molar-refractivity contribution in [3.63, 3.8) is 0 Å². The zero-order valence-electron chi connectivity index (χ0n) is 9.14. The van der Waals surface area contributed by atoms with Gasteiger partial charge in [-0.2, -0.15) is 0 Å². The Hall–Kier alpha value is 0.448. The first-order valence-electron chi connectivity index (χ1n) is 4.77. The standard InChI is InChI=1S/C13H10N.2Y/c1-9-5-4-7-11-10-6-2-3-8-12(10)14-13(9)11;;/h2-8H,1H3;;/q-1;;. The van der Waals surface area contributed by atoms with E-state index in [0.717, 1.165) is 11.0 Å². The molecule has 0 saturated heterocycles. The molecule has 1 aromatic heterocycles. The van der Waals surface area contributed by atoms with Crippen molar-refractivity contribution in [1.82, 2.24) is 4.98 Å². The molecule has 0 spiro atoms. The van der Waals surface area contributed by atoms with Gasteiger partial charge >= 0.3 is 0 Å². The van der Waals surface area contributed by atoms with Gasteiger partial charge in [-0.05, 0) is 17.7 Å². The molecule has 0 bridgehead atoms. The third-order valence-electron chi connectivity index (χ3n) is 2.66. The molecule has 3 rings (SSSR count). The second-order valence-electron chi connectivity index (χ2n) is 3.60. The predicted molar refractivity (Wildman–Crippen MR) is 59.5 cm³/mol. The number of para-hydroxylation sites is 2. The quantitative estimate of drug-likeness (QED) is 0.602. The van der Waals surface area contributed by atoms with Gasteiger partial charge in [-0.1, -0.05) is 48.0 Å². The van der Waals surface area contributed by atoms with Crippen molar-refractivity contribution in [2.24, 2.45) is 0 Å². The molecule has 74 valence electrons. The number of hydrogen-bond acceptors (Lipinski definition) is 0. The molecule has 3 heteroatoms. The van der Waals surface area contributed by atoms with Crippen molar-refractivity contribution in [3.05, 3.63) is 48.0 Å². The minimum absolute atomic E-state index is 0. The number of rotatable bonds is 0. The number of fused-ring (bicyclic) bond motifs is 3. The number of aryl methyl sites for hydroxylation is 1. The summed E-state index contributed by atoms with van der Waals surface area (Å²) < 4.78 is 0. The summed E-state index contributed by atoms with van der Waals surface area (Å²) in [6.07, 6.45) is 0. The Bertz CT molecular complexity index is 613. The van der Waals surface area contributed by atoms with Gasteiger partial charge in [0.25, 0.3) is 0 Å². The number of hydrogen-bond donors (Lipinski definition) is 0. The van der Waals surface area contributed by atoms with E-state index in [-0.39, 0.29) is 65.4 Å². The Morgan fingerprint density at radius 1 is 0.812 bits per heavy atom. The molecule has 16 heavy (non-hydrogen) atoms. The summed E-state index contributed by atoms with van der Waals surface area (Å²) >= 11 is 0. The molecule has 0 unspecified atom stereocenters. The van der Waals surface area contributed by atoms with Gasteiger partial charge in [-0.15, -0.1) is 11.0 Å². The van der Waals surface area contributed by atoms with E-state index in [2.05, 4.69) is 48.3 Å². The van der Waals surface area contributed by atoms with E-state index >= 15 is 0 Å². The van der Waals surface area contributed by atoms with Crippen molar-refractivity contribution in [2.75, 3.05) is 0 Å². The van der Waals surface area contributed by atoms with Crippen LogP contribution in [0, 0.1) is 6.92 Å². The molecule has 0 fully saturated rings. The molecule has 0 aliphatic heterocycles. The fraction of sp³-hybridized carbons (Fsp3) is 0.0769. The summed E-state index contributed by atoms with van der Waals surface area (Å²) in [7, 11) is 0. The summed E-state index contributed by atoms with van der Waals surface area (Å²) in [5.41, 5.74) is 3.48. The van der Waals surface area contributed by atoms with Gasteiger partial charge in [0.1, 0.15) is 0 Å². The first kappa shape index (κ1) is 14.5. The van der Waals surface area contributed by atoms with E-state index in [1.165, 1.54) is 16.3 Å². The van der Waals surface area contributed by atoms with Crippen molar-refractivity contribution in [2.45, 2.75) is 6.92 Å². The Labute approximate surface area is 145 Å². The second-order valence-corrected chi connectivity index (χ2v) is 3.60. The average molecular weight is 358 g/mol. The van der Waals surface area contributed by atoms with Gasteiger partial charge in [0.15, 0.2) is 0 Å². The minimum Gasteiger partial charge on any atom is -0.657 e. The van der Waals surface area contributed by atoms with E-state index in [9.17, 15) is 0 Å². The van der Waals surface area contributed by atoms with E-state index in [1.807, 2.05) is 6.07 Å². The Morgan fingerprint density at radius 2 is 1.50 bits per heavy atom. The summed E-state index contributed by atoms with van der Waals surface area (Å²) in [6, 6.07) is 14.6. The van der Waals surface area contributed by atoms with Gasteiger partial charge in [0.05, 0.1) is 0 Å². The fourth-order valence-corrected chi connectivity index (χ4v) is 1.94. The van der Waals surface area contributed by atoms with Crippen LogP contribution in [-0.2, 0) is 65.4 Å². The number of nitrogens with zero attached hydrogens (tertiary/aromatic N) is 1. The van der Waals surface area contributed by atoms with Crippen LogP contribution in [-0.4, -0.2) is 0 Å². The van der Waals surface area contributed by atoms with Crippen LogP contribution in [0.3, 0.4) is 0 Å². The van der Waals surface area contributed by atoms with E-state index in [1.54, 1.807) is 0 Å². The van der Waals surface area contributed by atoms with Crippen molar-refractivity contribution >= 4 is 21.8 Å². The zero-order valence-corrected chi connectivity index (χ0v) is 14.8. The van der Waals surface area contributed by atoms with Crippen LogP contribution >= 0.6 is 0 Å². The maximum Gasteiger partial charge on any atom is 0 e. The Kier molecular flexibility index (Phi) is 5.32. The SMILES string of the molecule is Cc1cccc2c1[n-]c1ccccc12.[Y].[Y]. The van der Waals surface area contributed by atoms with Gasteiger partial charge in [-0.25, -0.2) is 0 Å². The maximum atomic E-state index is 4.61. The van der Waals surface area contributed by atoms with Crippen LogP contribution in [0.5, 0.6) is 0 Å². The first-order valence-corrected chi connectivity index (χ1v) is 4.77. The van der Waals surface area contributed by atoms with Gasteiger partial charge < -0.3 is 4.98 Å². The third-order valence-corrected chi connectivity index (χ3v) is 2.66. The molecular formula is C13H10NY2-. The van der Waals surface area contributed by atoms with Crippen molar-refractivity contribution < 1.29 is 65.4 Å². The van der Waals surface area contributed by atoms with Crippen molar-refractivity contribution in [1.29, 1.82) is 0 Å². The fourth-order valence-electron chi connectivity index (χ4n) is 1.94. The largest absolute Gasteiger partial charge is 0.657 e. The van der Waals surface area contributed by atoms with Crippen molar-refractivity contribution in [3.8, 4) is 0 Å². The molecule has 2 aromatic carbocycles. The number of benzene rings is 2. The second kappa shape index (κ2) is 5.86. The predicted octanol–water partition coefficient (Wildman–Crippen LogP) is 3.25. The zero-order chi connectivity index (χ0) is 9.54. The summed E-state index contributed by atoms with van der Waals surface area (Å²) in [5, 5.41) is 2.52. The smallest absolute Gasteiger partial charge is 0 e. The average Bonchev–Trinajstić information content (AvgIpc) is 2.59. The van der Waals surface area contributed by atoms with Gasteiger partial charge in [0, 0.05) is 65.4 Å². The molecule has 1 heterocycles. The number of aromatic nitrogens is 1. The summed E-state index contributed by atoms with van der Waals surface area (Å²) in [4.78, 5) is 4.61. The van der Waals surface area contributed by atoms with Gasteiger partial charge in [0.2, 0.25) is 0 Å². The van der Waals surface area contributed by atoms with E-state index in [0.29, 0.717) is 0 Å². The van der Waals surface area contributed by atoms with Gasteiger partial charge in [-0.3, -0.25) is 0 Å². The topological polar surface area (TPSA) is 14.1 Å². The first-order chi connectivity index (χ1) is 6.86. The Balaban J connectivity index is 0.000000640. The van der Waals surface area contributed by atoms with E-state index < -0.39 is 0 Å². The molecule has 0 N–H and O–H groups in total. The van der Waals surface area contributed by atoms with Crippen LogP contribution in [0.2, 0.25) is 0 Å². The minimum atomic E-state index is 0. The summed E-state index contributed by atoms with van der Waals surface area (Å²) in [6.45, 7) is 2.11. The molecule has 0 saturated carbocycles. The molecule has 2 radical (unpaired) electrons. The molecule has 1 nitrogen and oxygen atoms in total. The van der Waals surface area contributed by atoms with Crippen LogP contribution in [0.15, 0.2) is 42.5 Å². The van der Waals surface area contributed by atoms with Crippen LogP contribution in [0.4, 0.5) is 0 Å². The molecule has 3 aromatic rings. The molecule has 0 aliphatic carbocycles. The van der Waals surface area contributed by atoms with Crippen LogP contribution in [0.25, 0.3) is 21.8 Å². The molecule has 0 amide bonds. The Morgan fingerprint density at radius 3 is 2.31 bits per heavy atom. The molecule has 0 aliphatic rings.